The third-order valence-electron chi connectivity index (χ3n) is 2.12. The van der Waals surface area contributed by atoms with Crippen molar-refractivity contribution in [3.63, 3.8) is 0 Å². The largest absolute Gasteiger partial charge is 0.480 e. The van der Waals surface area contributed by atoms with E-state index in [4.69, 9.17) is 5.11 Å². The van der Waals surface area contributed by atoms with Gasteiger partial charge in [-0.25, -0.2) is 0 Å². The lowest BCUT2D eigenvalue weighted by Crippen LogP contribution is -2.38. The summed E-state index contributed by atoms with van der Waals surface area (Å²) in [6, 6.07) is 1.43. The maximum atomic E-state index is 13.2. The van der Waals surface area contributed by atoms with Crippen LogP contribution in [-0.4, -0.2) is 27.9 Å². The summed E-state index contributed by atoms with van der Waals surface area (Å²) in [6.07, 6.45) is 0. The number of carbonyl (C=O) groups excluding carboxylic acids is 1. The van der Waals surface area contributed by atoms with Gasteiger partial charge in [-0.2, -0.15) is 4.39 Å². The highest BCUT2D eigenvalue weighted by molar-refractivity contribution is 5.96. The molecule has 2 N–H and O–H groups in total. The van der Waals surface area contributed by atoms with Gasteiger partial charge in [0.15, 0.2) is 0 Å². The molecule has 0 heterocycles. The van der Waals surface area contributed by atoms with Crippen molar-refractivity contribution in [3.8, 4) is 0 Å². The van der Waals surface area contributed by atoms with E-state index < -0.39 is 34.3 Å². The Morgan fingerprint density at radius 1 is 1.50 bits per heavy atom. The van der Waals surface area contributed by atoms with Gasteiger partial charge < -0.3 is 10.4 Å². The first-order chi connectivity index (χ1) is 8.32. The summed E-state index contributed by atoms with van der Waals surface area (Å²) in [5.41, 5.74) is -0.941. The van der Waals surface area contributed by atoms with E-state index in [2.05, 4.69) is 5.32 Å². The number of nitro groups is 1. The second kappa shape index (κ2) is 5.21. The fraction of sp³-hybridized carbons (Fsp3) is 0.200. The second-order valence-electron chi connectivity index (χ2n) is 3.46. The molecule has 8 heteroatoms. The molecule has 18 heavy (non-hydrogen) atoms. The van der Waals surface area contributed by atoms with Crippen molar-refractivity contribution >= 4 is 17.6 Å². The molecule has 0 radical (unpaired) electrons. The van der Waals surface area contributed by atoms with Gasteiger partial charge in [-0.3, -0.25) is 19.7 Å². The first kappa shape index (κ1) is 13.6. The minimum absolute atomic E-state index is 0.189. The number of nitrogens with one attached hydrogen (secondary N) is 1. The van der Waals surface area contributed by atoms with Crippen LogP contribution in [0.25, 0.3) is 0 Å². The maximum absolute atomic E-state index is 13.2. The standard InChI is InChI=1S/C10H9FN2O5/c1-5(10(15)16)12-9(14)6-2-3-8(13(17)18)7(11)4-6/h2-5H,1H3,(H,12,14)(H,15,16). The zero-order valence-electron chi connectivity index (χ0n) is 9.21. The van der Waals surface area contributed by atoms with Crippen LogP contribution in [-0.2, 0) is 4.79 Å². The highest BCUT2D eigenvalue weighted by atomic mass is 19.1. The van der Waals surface area contributed by atoms with E-state index in [0.29, 0.717) is 6.07 Å². The van der Waals surface area contributed by atoms with Gasteiger partial charge in [0, 0.05) is 11.6 Å². The fourth-order valence-corrected chi connectivity index (χ4v) is 1.14. The normalized spacial score (nSPS) is 11.7. The molecule has 7 nitrogen and oxygen atoms in total. The van der Waals surface area contributed by atoms with Gasteiger partial charge in [0.1, 0.15) is 6.04 Å². The quantitative estimate of drug-likeness (QED) is 0.615. The zero-order valence-corrected chi connectivity index (χ0v) is 9.21. The first-order valence-electron chi connectivity index (χ1n) is 4.80. The van der Waals surface area contributed by atoms with Crippen molar-refractivity contribution in [3.05, 3.63) is 39.7 Å². The average molecular weight is 256 g/mol. The van der Waals surface area contributed by atoms with E-state index >= 15 is 0 Å². The highest BCUT2D eigenvalue weighted by Crippen LogP contribution is 2.17. The number of halogens is 1. The molecule has 0 aliphatic rings. The van der Waals surface area contributed by atoms with E-state index in [0.717, 1.165) is 12.1 Å². The molecule has 96 valence electrons. The molecule has 1 rings (SSSR count). The van der Waals surface area contributed by atoms with Crippen LogP contribution in [0, 0.1) is 15.9 Å². The molecule has 0 fully saturated rings. The van der Waals surface area contributed by atoms with Crippen molar-refractivity contribution in [1.29, 1.82) is 0 Å². The molecular formula is C10H9FN2O5. The van der Waals surface area contributed by atoms with Crippen LogP contribution < -0.4 is 5.32 Å². The summed E-state index contributed by atoms with van der Waals surface area (Å²) < 4.78 is 13.2. The van der Waals surface area contributed by atoms with Gasteiger partial charge in [-0.05, 0) is 19.1 Å². The molecule has 0 spiro atoms. The topological polar surface area (TPSA) is 110 Å². The molecule has 0 aliphatic heterocycles. The first-order valence-corrected chi connectivity index (χ1v) is 4.80. The highest BCUT2D eigenvalue weighted by Gasteiger charge is 2.19. The molecule has 1 atom stereocenters. The van der Waals surface area contributed by atoms with Crippen LogP contribution in [0.5, 0.6) is 0 Å². The number of carboxylic acid groups (broad SMARTS) is 1. The number of aliphatic carboxylic acids is 1. The number of nitrogens with zero attached hydrogens (tertiary/aromatic N) is 1. The second-order valence-corrected chi connectivity index (χ2v) is 3.46. The molecule has 1 amide bonds. The maximum Gasteiger partial charge on any atom is 0.325 e. The Morgan fingerprint density at radius 2 is 2.11 bits per heavy atom. The minimum Gasteiger partial charge on any atom is -0.480 e. The monoisotopic (exact) mass is 256 g/mol. The third kappa shape index (κ3) is 3.00. The van der Waals surface area contributed by atoms with Crippen LogP contribution in [0.3, 0.4) is 0 Å². The number of amides is 1. The minimum atomic E-state index is -1.24. The van der Waals surface area contributed by atoms with E-state index in [-0.39, 0.29) is 5.56 Å². The lowest BCUT2D eigenvalue weighted by Gasteiger charge is -2.09. The van der Waals surface area contributed by atoms with Gasteiger partial charge in [0.25, 0.3) is 5.91 Å². The van der Waals surface area contributed by atoms with Crippen LogP contribution in [0.2, 0.25) is 0 Å². The molecule has 0 aromatic heterocycles. The number of hydrogen-bond acceptors (Lipinski definition) is 4. The number of hydrogen-bond donors (Lipinski definition) is 2. The average Bonchev–Trinajstić information content (AvgIpc) is 2.27. The molecule has 0 aliphatic carbocycles. The van der Waals surface area contributed by atoms with Gasteiger partial charge in [0.05, 0.1) is 4.92 Å². The van der Waals surface area contributed by atoms with Gasteiger partial charge in [-0.1, -0.05) is 0 Å². The van der Waals surface area contributed by atoms with E-state index in [9.17, 15) is 24.1 Å². The smallest absolute Gasteiger partial charge is 0.325 e. The van der Waals surface area contributed by atoms with Crippen LogP contribution in [0.15, 0.2) is 18.2 Å². The Kier molecular flexibility index (Phi) is 3.93. The van der Waals surface area contributed by atoms with Crippen molar-refractivity contribution in [2.45, 2.75) is 13.0 Å². The Morgan fingerprint density at radius 3 is 2.56 bits per heavy atom. The van der Waals surface area contributed by atoms with Crippen molar-refractivity contribution in [2.75, 3.05) is 0 Å². The summed E-state index contributed by atoms with van der Waals surface area (Å²) in [5, 5.41) is 21.0. The van der Waals surface area contributed by atoms with Gasteiger partial charge >= 0.3 is 11.7 Å². The SMILES string of the molecule is CC(NC(=O)c1ccc([N+](=O)[O-])c(F)c1)C(=O)O. The summed E-state index contributed by atoms with van der Waals surface area (Å²) >= 11 is 0. The van der Waals surface area contributed by atoms with Gasteiger partial charge in [-0.15, -0.1) is 0 Å². The van der Waals surface area contributed by atoms with Crippen LogP contribution >= 0.6 is 0 Å². The summed E-state index contributed by atoms with van der Waals surface area (Å²) in [4.78, 5) is 31.4. The Bertz CT molecular complexity index is 517. The Balaban J connectivity index is 2.91. The number of benzene rings is 1. The molecule has 1 unspecified atom stereocenters. The summed E-state index contributed by atoms with van der Waals surface area (Å²) in [5.74, 6) is -3.22. The molecule has 0 bridgehead atoms. The Hall–Kier alpha value is -2.51. The van der Waals surface area contributed by atoms with Gasteiger partial charge in [0.2, 0.25) is 5.82 Å². The summed E-state index contributed by atoms with van der Waals surface area (Å²) in [7, 11) is 0. The van der Waals surface area contributed by atoms with E-state index in [1.165, 1.54) is 6.92 Å². The molecular weight excluding hydrogens is 247 g/mol. The predicted octanol–water partition coefficient (Wildman–Crippen LogP) is 0.937. The molecule has 1 aromatic carbocycles. The number of nitro benzene ring substituents is 1. The summed E-state index contributed by atoms with van der Waals surface area (Å²) in [6.45, 7) is 1.24. The van der Waals surface area contributed by atoms with Crippen LogP contribution in [0.1, 0.15) is 17.3 Å². The van der Waals surface area contributed by atoms with Crippen molar-refractivity contribution < 1.29 is 24.0 Å². The zero-order chi connectivity index (χ0) is 13.9. The van der Waals surface area contributed by atoms with Crippen molar-refractivity contribution in [2.24, 2.45) is 0 Å². The lowest BCUT2D eigenvalue weighted by molar-refractivity contribution is -0.387. The third-order valence-corrected chi connectivity index (χ3v) is 2.12. The molecule has 0 saturated heterocycles. The van der Waals surface area contributed by atoms with E-state index in [1.54, 1.807) is 0 Å². The lowest BCUT2D eigenvalue weighted by atomic mass is 10.1. The molecule has 0 saturated carbocycles. The number of carbonyl (C=O) groups is 2. The number of carboxylic acids is 1. The Labute approximate surface area is 100 Å². The van der Waals surface area contributed by atoms with E-state index in [1.807, 2.05) is 0 Å². The van der Waals surface area contributed by atoms with Crippen molar-refractivity contribution in [1.82, 2.24) is 5.32 Å². The number of rotatable bonds is 4. The predicted molar refractivity (Wildman–Crippen MR) is 57.6 cm³/mol. The molecule has 1 aromatic rings. The fourth-order valence-electron chi connectivity index (χ4n) is 1.14. The van der Waals surface area contributed by atoms with Crippen LogP contribution in [0.4, 0.5) is 10.1 Å².